The third-order valence-electron chi connectivity index (χ3n) is 7.50. The van der Waals surface area contributed by atoms with Crippen molar-refractivity contribution >= 4 is 30.1 Å². The molecule has 0 radical (unpaired) electrons. The maximum absolute atomic E-state index is 14.9. The molecular weight excluding hydrogens is 503 g/mol. The van der Waals surface area contributed by atoms with Gasteiger partial charge < -0.3 is 14.6 Å². The molecule has 2 fully saturated rings. The van der Waals surface area contributed by atoms with E-state index in [9.17, 15) is 22.4 Å². The van der Waals surface area contributed by atoms with Gasteiger partial charge in [-0.1, -0.05) is 24.3 Å². The highest BCUT2D eigenvalue weighted by Gasteiger charge is 2.66. The van der Waals surface area contributed by atoms with Crippen molar-refractivity contribution in [1.29, 1.82) is 0 Å². The second-order valence-corrected chi connectivity index (χ2v) is 10.6. The fourth-order valence-corrected chi connectivity index (χ4v) is 4.31. The van der Waals surface area contributed by atoms with E-state index in [0.29, 0.717) is 11.2 Å². The zero-order valence-corrected chi connectivity index (χ0v) is 21.3. The number of amides is 2. The molecule has 1 aliphatic heterocycles. The summed E-state index contributed by atoms with van der Waals surface area (Å²) in [7, 11) is -0.778. The fourth-order valence-electron chi connectivity index (χ4n) is 4.31. The number of hydrogen-bond donors (Lipinski definition) is 2. The summed E-state index contributed by atoms with van der Waals surface area (Å²) in [6.07, 6.45) is -4.62. The predicted octanol–water partition coefficient (Wildman–Crippen LogP) is 5.55. The van der Waals surface area contributed by atoms with Crippen LogP contribution in [0.1, 0.15) is 46.2 Å². The molecule has 0 bridgehead atoms. The molecule has 2 aliphatic rings. The molecule has 0 spiro atoms. The van der Waals surface area contributed by atoms with Gasteiger partial charge in [0.2, 0.25) is 0 Å². The molecular formula is C26H27BF4N4O3. The van der Waals surface area contributed by atoms with Crippen LogP contribution in [0.15, 0.2) is 54.6 Å². The van der Waals surface area contributed by atoms with Crippen LogP contribution in [-0.4, -0.2) is 40.3 Å². The van der Waals surface area contributed by atoms with Crippen LogP contribution in [0.5, 0.6) is 0 Å². The van der Waals surface area contributed by atoms with Gasteiger partial charge in [-0.15, -0.1) is 0 Å². The topological polar surface area (TPSA) is 77.4 Å². The lowest BCUT2D eigenvalue weighted by molar-refractivity contribution is -0.161. The number of urea groups is 1. The van der Waals surface area contributed by atoms with Crippen LogP contribution in [0.4, 0.5) is 33.9 Å². The average molecular weight is 530 g/mol. The summed E-state index contributed by atoms with van der Waals surface area (Å²) in [5, 5.41) is 9.12. The van der Waals surface area contributed by atoms with Crippen LogP contribution >= 0.6 is 0 Å². The zero-order chi connectivity index (χ0) is 27.5. The highest BCUT2D eigenvalue weighted by Crippen LogP contribution is 2.58. The van der Waals surface area contributed by atoms with Crippen LogP contribution in [0.3, 0.4) is 0 Å². The average Bonchev–Trinajstić information content (AvgIpc) is 3.50. The molecule has 2 amide bonds. The lowest BCUT2D eigenvalue weighted by Crippen LogP contribution is -2.41. The number of halogens is 4. The zero-order valence-electron chi connectivity index (χ0n) is 21.3. The Morgan fingerprint density at radius 1 is 0.974 bits per heavy atom. The van der Waals surface area contributed by atoms with E-state index in [-0.39, 0.29) is 30.0 Å². The van der Waals surface area contributed by atoms with E-state index in [2.05, 4.69) is 15.7 Å². The van der Waals surface area contributed by atoms with Crippen LogP contribution in [0.2, 0.25) is 0 Å². The Balaban J connectivity index is 1.36. The van der Waals surface area contributed by atoms with Gasteiger partial charge in [-0.25, -0.2) is 13.9 Å². The maximum Gasteiger partial charge on any atom is 0.494 e. The summed E-state index contributed by atoms with van der Waals surface area (Å²) in [5.41, 5.74) is -2.63. The number of hydrogen-bond acceptors (Lipinski definition) is 4. The Labute approximate surface area is 217 Å². The molecule has 0 unspecified atom stereocenters. The van der Waals surface area contributed by atoms with Crippen molar-refractivity contribution < 1.29 is 31.7 Å². The predicted molar refractivity (Wildman–Crippen MR) is 135 cm³/mol. The van der Waals surface area contributed by atoms with E-state index in [4.69, 9.17) is 9.31 Å². The van der Waals surface area contributed by atoms with Gasteiger partial charge in [-0.3, -0.25) is 5.32 Å². The molecule has 1 saturated heterocycles. The number of carbonyl (C=O) groups is 1. The van der Waals surface area contributed by atoms with Gasteiger partial charge in [0.1, 0.15) is 17.1 Å². The molecule has 3 aromatic rings. The second kappa shape index (κ2) is 8.84. The first kappa shape index (κ1) is 26.2. The van der Waals surface area contributed by atoms with Crippen LogP contribution in [-0.2, 0) is 14.7 Å². The molecule has 1 saturated carbocycles. The Morgan fingerprint density at radius 2 is 1.61 bits per heavy atom. The molecule has 200 valence electrons. The first-order valence-corrected chi connectivity index (χ1v) is 12.2. The number of anilines is 2. The quantitative estimate of drug-likeness (QED) is 0.335. The molecule has 0 atom stereocenters. The summed E-state index contributed by atoms with van der Waals surface area (Å²) in [6, 6.07) is 13.0. The van der Waals surface area contributed by atoms with Crippen molar-refractivity contribution in [3.63, 3.8) is 0 Å². The SMILES string of the molecule is CC1(C)OB(c2ccc(NC(=O)Nc3cc(C4(C(F)(F)F)CC4)nn3-c3ccccc3)c(F)c2)OC1(C)C. The summed E-state index contributed by atoms with van der Waals surface area (Å²) >= 11 is 0. The monoisotopic (exact) mass is 530 g/mol. The molecule has 1 aliphatic carbocycles. The van der Waals surface area contributed by atoms with Crippen LogP contribution in [0, 0.1) is 5.82 Å². The normalized spacial score (nSPS) is 19.3. The largest absolute Gasteiger partial charge is 0.494 e. The molecule has 2 aromatic carbocycles. The fraction of sp³-hybridized carbons (Fsp3) is 0.385. The molecule has 5 rings (SSSR count). The Kier molecular flexibility index (Phi) is 6.11. The minimum atomic E-state index is -4.47. The van der Waals surface area contributed by atoms with Gasteiger partial charge in [0, 0.05) is 6.07 Å². The van der Waals surface area contributed by atoms with Crippen molar-refractivity contribution in [2.75, 3.05) is 10.6 Å². The third kappa shape index (κ3) is 4.56. The molecule has 7 nitrogen and oxygen atoms in total. The lowest BCUT2D eigenvalue weighted by Gasteiger charge is -2.32. The first-order chi connectivity index (χ1) is 17.7. The van der Waals surface area contributed by atoms with Crippen molar-refractivity contribution in [3.8, 4) is 5.69 Å². The van der Waals surface area contributed by atoms with Crippen molar-refractivity contribution in [3.05, 3.63) is 66.1 Å². The van der Waals surface area contributed by atoms with Gasteiger partial charge in [0.05, 0.1) is 28.3 Å². The van der Waals surface area contributed by atoms with Gasteiger partial charge in [0.25, 0.3) is 0 Å². The van der Waals surface area contributed by atoms with Crippen molar-refractivity contribution in [1.82, 2.24) is 9.78 Å². The van der Waals surface area contributed by atoms with Gasteiger partial charge in [-0.05, 0) is 70.3 Å². The third-order valence-corrected chi connectivity index (χ3v) is 7.50. The number of nitrogens with zero attached hydrogens (tertiary/aromatic N) is 2. The summed E-state index contributed by atoms with van der Waals surface area (Å²) < 4.78 is 69.3. The standard InChI is InChI=1S/C26H27BF4N4O3/c1-23(2)24(3,4)38-27(37-23)16-10-11-19(18(28)14-16)32-22(36)33-21-15-20(25(12-13-25)26(29,30)31)34-35(21)17-8-6-5-7-9-17/h5-11,14-15H,12-13H2,1-4H3,(H2,32,33,36). The molecule has 1 aromatic heterocycles. The maximum atomic E-state index is 14.9. The van der Waals surface area contributed by atoms with Gasteiger partial charge in [0.15, 0.2) is 0 Å². The molecule has 2 heterocycles. The number of carbonyl (C=O) groups excluding carboxylic acids is 1. The second-order valence-electron chi connectivity index (χ2n) is 10.6. The van der Waals surface area contributed by atoms with E-state index < -0.39 is 41.8 Å². The number of nitrogens with one attached hydrogen (secondary N) is 2. The van der Waals surface area contributed by atoms with E-state index >= 15 is 0 Å². The van der Waals surface area contributed by atoms with Crippen LogP contribution < -0.4 is 16.1 Å². The molecule has 12 heteroatoms. The summed E-state index contributed by atoms with van der Waals surface area (Å²) in [5.74, 6) is -0.702. The minimum absolute atomic E-state index is 0.0217. The smallest absolute Gasteiger partial charge is 0.399 e. The van der Waals surface area contributed by atoms with E-state index in [1.807, 2.05) is 27.7 Å². The van der Waals surface area contributed by atoms with E-state index in [0.717, 1.165) is 0 Å². The van der Waals surface area contributed by atoms with Crippen LogP contribution in [0.25, 0.3) is 5.69 Å². The van der Waals surface area contributed by atoms with Gasteiger partial charge >= 0.3 is 19.3 Å². The molecule has 2 N–H and O–H groups in total. The van der Waals surface area contributed by atoms with Crippen molar-refractivity contribution in [2.24, 2.45) is 0 Å². The van der Waals surface area contributed by atoms with Crippen molar-refractivity contribution in [2.45, 2.75) is 63.3 Å². The lowest BCUT2D eigenvalue weighted by atomic mass is 9.79. The summed E-state index contributed by atoms with van der Waals surface area (Å²) in [6.45, 7) is 7.54. The van der Waals surface area contributed by atoms with E-state index in [1.54, 1.807) is 36.4 Å². The number of para-hydroxylation sites is 1. The Morgan fingerprint density at radius 3 is 2.16 bits per heavy atom. The first-order valence-electron chi connectivity index (χ1n) is 12.2. The van der Waals surface area contributed by atoms with Gasteiger partial charge in [-0.2, -0.15) is 18.3 Å². The number of rotatable bonds is 5. The molecule has 38 heavy (non-hydrogen) atoms. The number of aromatic nitrogens is 2. The minimum Gasteiger partial charge on any atom is -0.399 e. The Bertz CT molecular complexity index is 1350. The highest BCUT2D eigenvalue weighted by atomic mass is 19.4. The highest BCUT2D eigenvalue weighted by molar-refractivity contribution is 6.62. The van der Waals surface area contributed by atoms with E-state index in [1.165, 1.54) is 22.9 Å². The number of alkyl halides is 3. The Hall–Kier alpha value is -3.38. The summed E-state index contributed by atoms with van der Waals surface area (Å²) in [4.78, 5) is 12.8. The number of benzene rings is 2.